The predicted octanol–water partition coefficient (Wildman–Crippen LogP) is 0.0801. The zero-order chi connectivity index (χ0) is 12.2. The van der Waals surface area contributed by atoms with Gasteiger partial charge >= 0.3 is 0 Å². The molecule has 1 saturated heterocycles. The lowest BCUT2D eigenvalue weighted by atomic mass is 10.2. The maximum absolute atomic E-state index is 11.5. The van der Waals surface area contributed by atoms with Crippen molar-refractivity contribution >= 4 is 5.91 Å². The number of hydrogen-bond acceptors (Lipinski definition) is 4. The van der Waals surface area contributed by atoms with E-state index in [4.69, 9.17) is 4.74 Å². The molecule has 16 heavy (non-hydrogen) atoms. The number of likely N-dealkylation sites (N-methyl/N-ethyl adjacent to an activating group) is 1. The Morgan fingerprint density at radius 1 is 1.25 bits per heavy atom. The van der Waals surface area contributed by atoms with Crippen LogP contribution in [0.2, 0.25) is 0 Å². The number of carbonyl (C=O) groups is 1. The van der Waals surface area contributed by atoms with Crippen molar-refractivity contribution in [1.29, 1.82) is 0 Å². The molecule has 1 fully saturated rings. The Bertz CT molecular complexity index is 230. The van der Waals surface area contributed by atoms with E-state index in [1.807, 2.05) is 25.8 Å². The van der Waals surface area contributed by atoms with E-state index >= 15 is 0 Å². The summed E-state index contributed by atoms with van der Waals surface area (Å²) >= 11 is 0. The van der Waals surface area contributed by atoms with Crippen molar-refractivity contribution in [2.75, 3.05) is 39.8 Å². The third-order valence-corrected chi connectivity index (χ3v) is 2.42. The first-order valence-electron chi connectivity index (χ1n) is 5.74. The van der Waals surface area contributed by atoms with E-state index < -0.39 is 0 Å². The number of hydrazine groups is 1. The number of carbonyl (C=O) groups excluding carboxylic acids is 1. The minimum atomic E-state index is -0.264. The fourth-order valence-corrected chi connectivity index (χ4v) is 1.41. The number of nitrogens with zero attached hydrogens (tertiary/aromatic N) is 2. The standard InChI is InChI=1S/C11H23N3O2/c1-11(2,3)16-9-10(15)12-14-7-5-13(4)6-8-14/h5-9H2,1-4H3,(H,12,15). The molecule has 5 heteroatoms. The van der Waals surface area contributed by atoms with E-state index in [0.29, 0.717) is 0 Å². The Kier molecular flexibility index (Phi) is 4.70. The zero-order valence-electron chi connectivity index (χ0n) is 10.7. The molecule has 0 aromatic rings. The van der Waals surface area contributed by atoms with Gasteiger partial charge in [0.1, 0.15) is 6.61 Å². The molecule has 94 valence electrons. The summed E-state index contributed by atoms with van der Waals surface area (Å²) in [5.74, 6) is -0.0699. The molecule has 1 amide bonds. The summed E-state index contributed by atoms with van der Waals surface area (Å²) in [5.41, 5.74) is 2.59. The van der Waals surface area contributed by atoms with Crippen molar-refractivity contribution in [1.82, 2.24) is 15.3 Å². The number of nitrogens with one attached hydrogen (secondary N) is 1. The van der Waals surface area contributed by atoms with E-state index in [9.17, 15) is 4.79 Å². The maximum Gasteiger partial charge on any atom is 0.260 e. The fraction of sp³-hybridized carbons (Fsp3) is 0.909. The van der Waals surface area contributed by atoms with E-state index in [1.165, 1.54) is 0 Å². The van der Waals surface area contributed by atoms with E-state index in [0.717, 1.165) is 26.2 Å². The highest BCUT2D eigenvalue weighted by Gasteiger charge is 2.17. The molecule has 1 rings (SSSR count). The van der Waals surface area contributed by atoms with Crippen LogP contribution < -0.4 is 5.43 Å². The van der Waals surface area contributed by atoms with Crippen LogP contribution in [-0.4, -0.2) is 61.3 Å². The van der Waals surface area contributed by atoms with Crippen LogP contribution >= 0.6 is 0 Å². The molecule has 1 aliphatic heterocycles. The lowest BCUT2D eigenvalue weighted by Crippen LogP contribution is -2.53. The van der Waals surface area contributed by atoms with E-state index in [2.05, 4.69) is 17.4 Å². The molecular formula is C11H23N3O2. The summed E-state index contributed by atoms with van der Waals surface area (Å²) in [7, 11) is 2.09. The Labute approximate surface area is 97.7 Å². The molecule has 0 bridgehead atoms. The van der Waals surface area contributed by atoms with Crippen molar-refractivity contribution in [2.45, 2.75) is 26.4 Å². The van der Waals surface area contributed by atoms with Gasteiger partial charge in [-0.3, -0.25) is 10.2 Å². The van der Waals surface area contributed by atoms with E-state index in [-0.39, 0.29) is 18.1 Å². The van der Waals surface area contributed by atoms with Crippen LogP contribution in [0.15, 0.2) is 0 Å². The molecule has 0 unspecified atom stereocenters. The predicted molar refractivity (Wildman–Crippen MR) is 62.9 cm³/mol. The second-order valence-corrected chi connectivity index (χ2v) is 5.23. The largest absolute Gasteiger partial charge is 0.366 e. The van der Waals surface area contributed by atoms with Crippen LogP contribution in [0.25, 0.3) is 0 Å². The molecule has 0 saturated carbocycles. The van der Waals surface area contributed by atoms with Gasteiger partial charge in [-0.15, -0.1) is 0 Å². The minimum Gasteiger partial charge on any atom is -0.366 e. The minimum absolute atomic E-state index is 0.0699. The Hall–Kier alpha value is -0.650. The summed E-state index contributed by atoms with van der Waals surface area (Å²) in [6, 6.07) is 0. The summed E-state index contributed by atoms with van der Waals surface area (Å²) in [4.78, 5) is 13.8. The first-order valence-corrected chi connectivity index (χ1v) is 5.74. The molecule has 0 aromatic carbocycles. The van der Waals surface area contributed by atoms with Gasteiger partial charge in [0, 0.05) is 26.2 Å². The van der Waals surface area contributed by atoms with Crippen molar-refractivity contribution in [3.63, 3.8) is 0 Å². The second kappa shape index (κ2) is 5.61. The Balaban J connectivity index is 2.19. The van der Waals surface area contributed by atoms with Crippen LogP contribution in [0.1, 0.15) is 20.8 Å². The molecule has 1 N–H and O–H groups in total. The summed E-state index contributed by atoms with van der Waals surface area (Å²) < 4.78 is 5.40. The van der Waals surface area contributed by atoms with Crippen LogP contribution in [0, 0.1) is 0 Å². The molecule has 0 aromatic heterocycles. The number of ether oxygens (including phenoxy) is 1. The number of piperazine rings is 1. The third-order valence-electron chi connectivity index (χ3n) is 2.42. The summed E-state index contributed by atoms with van der Waals surface area (Å²) in [6.45, 7) is 9.66. The molecule has 0 radical (unpaired) electrons. The van der Waals surface area contributed by atoms with Gasteiger partial charge < -0.3 is 9.64 Å². The number of hydrogen-bond donors (Lipinski definition) is 1. The molecular weight excluding hydrogens is 206 g/mol. The highest BCUT2D eigenvalue weighted by atomic mass is 16.5. The number of rotatable bonds is 3. The second-order valence-electron chi connectivity index (χ2n) is 5.23. The Morgan fingerprint density at radius 3 is 2.31 bits per heavy atom. The van der Waals surface area contributed by atoms with Crippen LogP contribution in [0.5, 0.6) is 0 Å². The smallest absolute Gasteiger partial charge is 0.260 e. The molecule has 0 atom stereocenters. The lowest BCUT2D eigenvalue weighted by molar-refractivity contribution is -0.136. The highest BCUT2D eigenvalue weighted by Crippen LogP contribution is 2.05. The quantitative estimate of drug-likeness (QED) is 0.744. The van der Waals surface area contributed by atoms with Gasteiger partial charge in [-0.25, -0.2) is 5.01 Å². The zero-order valence-corrected chi connectivity index (χ0v) is 10.7. The maximum atomic E-state index is 11.5. The molecule has 5 nitrogen and oxygen atoms in total. The SMILES string of the molecule is CN1CCN(NC(=O)COC(C)(C)C)CC1. The monoisotopic (exact) mass is 229 g/mol. The van der Waals surface area contributed by atoms with Crippen molar-refractivity contribution < 1.29 is 9.53 Å². The Morgan fingerprint density at radius 2 is 1.81 bits per heavy atom. The third kappa shape index (κ3) is 5.44. The molecule has 1 aliphatic rings. The van der Waals surface area contributed by atoms with Crippen molar-refractivity contribution in [3.05, 3.63) is 0 Å². The topological polar surface area (TPSA) is 44.8 Å². The molecule has 0 aliphatic carbocycles. The highest BCUT2D eigenvalue weighted by molar-refractivity contribution is 5.76. The first kappa shape index (κ1) is 13.4. The number of amides is 1. The fourth-order valence-electron chi connectivity index (χ4n) is 1.41. The van der Waals surface area contributed by atoms with Gasteiger partial charge in [-0.2, -0.15) is 0 Å². The van der Waals surface area contributed by atoms with Crippen LogP contribution in [0.3, 0.4) is 0 Å². The van der Waals surface area contributed by atoms with Crippen LogP contribution in [0.4, 0.5) is 0 Å². The van der Waals surface area contributed by atoms with Gasteiger partial charge in [-0.05, 0) is 27.8 Å². The average Bonchev–Trinajstić information content (AvgIpc) is 2.18. The average molecular weight is 229 g/mol. The van der Waals surface area contributed by atoms with Crippen LogP contribution in [-0.2, 0) is 9.53 Å². The normalized spacial score (nSPS) is 19.8. The van der Waals surface area contributed by atoms with Gasteiger partial charge in [0.25, 0.3) is 5.91 Å². The summed E-state index contributed by atoms with van der Waals surface area (Å²) in [6.07, 6.45) is 0. The van der Waals surface area contributed by atoms with Gasteiger partial charge in [0.15, 0.2) is 0 Å². The molecule has 1 heterocycles. The van der Waals surface area contributed by atoms with Crippen molar-refractivity contribution in [3.8, 4) is 0 Å². The van der Waals surface area contributed by atoms with Gasteiger partial charge in [0.2, 0.25) is 0 Å². The van der Waals surface area contributed by atoms with E-state index in [1.54, 1.807) is 0 Å². The molecule has 0 spiro atoms. The van der Waals surface area contributed by atoms with Crippen molar-refractivity contribution in [2.24, 2.45) is 0 Å². The van der Waals surface area contributed by atoms with Gasteiger partial charge in [-0.1, -0.05) is 0 Å². The summed E-state index contributed by atoms with van der Waals surface area (Å²) in [5, 5.41) is 1.95. The van der Waals surface area contributed by atoms with Gasteiger partial charge in [0.05, 0.1) is 5.60 Å². The first-order chi connectivity index (χ1) is 7.37. The lowest BCUT2D eigenvalue weighted by Gasteiger charge is -2.32.